The van der Waals surface area contributed by atoms with Crippen LogP contribution in [0.3, 0.4) is 0 Å². The highest BCUT2D eigenvalue weighted by Crippen LogP contribution is 2.18. The zero-order chi connectivity index (χ0) is 21.3. The third-order valence-electron chi connectivity index (χ3n) is 4.11. The second-order valence-corrected chi connectivity index (χ2v) is 6.43. The first-order valence-electron chi connectivity index (χ1n) is 9.19. The van der Waals surface area contributed by atoms with Crippen molar-refractivity contribution < 1.29 is 14.4 Å². The number of nitrogens with one attached hydrogen (secondary N) is 3. The van der Waals surface area contributed by atoms with E-state index in [-0.39, 0.29) is 11.3 Å². The summed E-state index contributed by atoms with van der Waals surface area (Å²) in [6.07, 6.45) is 1.42. The Bertz CT molecular complexity index is 1080. The summed E-state index contributed by atoms with van der Waals surface area (Å²) < 4.78 is 0. The lowest BCUT2D eigenvalue weighted by Crippen LogP contribution is -2.33. The summed E-state index contributed by atoms with van der Waals surface area (Å²) in [6.45, 7) is 1.95. The molecule has 3 rings (SSSR count). The van der Waals surface area contributed by atoms with Crippen LogP contribution >= 0.6 is 0 Å². The van der Waals surface area contributed by atoms with Crippen molar-refractivity contribution in [2.45, 2.75) is 6.92 Å². The number of hydrogen-bond donors (Lipinski definition) is 3. The monoisotopic (exact) mass is 400 g/mol. The average molecular weight is 400 g/mol. The minimum atomic E-state index is -0.948. The van der Waals surface area contributed by atoms with E-state index in [1.54, 1.807) is 48.5 Å². The van der Waals surface area contributed by atoms with Crippen LogP contribution in [0.2, 0.25) is 0 Å². The normalized spacial score (nSPS) is 10.4. The second-order valence-electron chi connectivity index (χ2n) is 6.43. The van der Waals surface area contributed by atoms with Gasteiger partial charge in [0.05, 0.1) is 17.5 Å². The summed E-state index contributed by atoms with van der Waals surface area (Å²) in [5, 5.41) is 8.98. The molecule has 0 unspecified atom stereocenters. The molecule has 30 heavy (non-hydrogen) atoms. The van der Waals surface area contributed by atoms with E-state index in [9.17, 15) is 14.4 Å². The molecule has 0 saturated carbocycles. The lowest BCUT2D eigenvalue weighted by Gasteiger charge is -2.11. The van der Waals surface area contributed by atoms with Crippen molar-refractivity contribution in [3.8, 4) is 0 Å². The first-order chi connectivity index (χ1) is 14.5. The Hall–Kier alpha value is -4.26. The molecule has 0 aliphatic carbocycles. The van der Waals surface area contributed by atoms with Gasteiger partial charge in [-0.3, -0.25) is 14.4 Å². The molecule has 0 aliphatic heterocycles. The zero-order valence-corrected chi connectivity index (χ0v) is 16.3. The van der Waals surface area contributed by atoms with E-state index in [0.29, 0.717) is 5.69 Å². The maximum atomic E-state index is 12.6. The number of carbonyl (C=O) groups excluding carboxylic acids is 3. The fraction of sp³-hybridized carbons (Fsp3) is 0.0435. The maximum Gasteiger partial charge on any atom is 0.329 e. The minimum Gasteiger partial charge on any atom is -0.322 e. The van der Waals surface area contributed by atoms with Gasteiger partial charge in [0.15, 0.2) is 0 Å². The molecule has 7 heteroatoms. The Morgan fingerprint density at radius 3 is 2.17 bits per heavy atom. The number of hydrogen-bond acceptors (Lipinski definition) is 4. The van der Waals surface area contributed by atoms with Crippen LogP contribution < -0.4 is 16.1 Å². The van der Waals surface area contributed by atoms with E-state index < -0.39 is 17.7 Å². The number of amides is 3. The van der Waals surface area contributed by atoms with Gasteiger partial charge in [-0.05, 0) is 36.8 Å². The summed E-state index contributed by atoms with van der Waals surface area (Å²) in [5.74, 6) is -2.29. The Morgan fingerprint density at radius 1 is 0.767 bits per heavy atom. The van der Waals surface area contributed by atoms with Gasteiger partial charge in [-0.1, -0.05) is 60.2 Å². The first-order valence-corrected chi connectivity index (χ1v) is 9.19. The third-order valence-corrected chi connectivity index (χ3v) is 4.11. The summed E-state index contributed by atoms with van der Waals surface area (Å²) in [6, 6.07) is 22.9. The van der Waals surface area contributed by atoms with E-state index in [4.69, 9.17) is 0 Å². The molecule has 0 saturated heterocycles. The standard InChI is InChI=1S/C23H20N4O3/c1-16-11-13-18(14-12-16)25-21(28)19-9-5-6-10-20(19)26-22(29)23(30)27-24-15-17-7-3-2-4-8-17/h2-15H,1H3,(H,25,28)(H,26,29)(H,27,30)/b24-15+. The molecule has 3 aromatic rings. The zero-order valence-electron chi connectivity index (χ0n) is 16.3. The van der Waals surface area contributed by atoms with Crippen LogP contribution in [0.15, 0.2) is 84.0 Å². The molecule has 0 aliphatic rings. The van der Waals surface area contributed by atoms with Gasteiger partial charge in [-0.25, -0.2) is 5.43 Å². The van der Waals surface area contributed by atoms with Crippen LogP contribution in [-0.4, -0.2) is 23.9 Å². The van der Waals surface area contributed by atoms with Crippen LogP contribution in [-0.2, 0) is 9.59 Å². The number of aryl methyl sites for hydroxylation is 1. The molecular formula is C23H20N4O3. The van der Waals surface area contributed by atoms with E-state index in [2.05, 4.69) is 21.2 Å². The fourth-order valence-electron chi connectivity index (χ4n) is 2.56. The number of para-hydroxylation sites is 1. The first kappa shape index (κ1) is 20.5. The molecule has 7 nitrogen and oxygen atoms in total. The number of hydrazone groups is 1. The van der Waals surface area contributed by atoms with Crippen molar-refractivity contribution in [1.29, 1.82) is 0 Å². The summed E-state index contributed by atoms with van der Waals surface area (Å²) in [4.78, 5) is 36.8. The number of nitrogens with zero attached hydrogens (tertiary/aromatic N) is 1. The molecule has 0 heterocycles. The highest BCUT2D eigenvalue weighted by molar-refractivity contribution is 6.40. The molecule has 0 spiro atoms. The SMILES string of the molecule is Cc1ccc(NC(=O)c2ccccc2NC(=O)C(=O)N/N=C/c2ccccc2)cc1. The van der Waals surface area contributed by atoms with E-state index in [1.807, 2.05) is 37.3 Å². The Balaban J connectivity index is 1.64. The smallest absolute Gasteiger partial charge is 0.322 e. The molecule has 0 atom stereocenters. The van der Waals surface area contributed by atoms with Crippen LogP contribution in [0.5, 0.6) is 0 Å². The lowest BCUT2D eigenvalue weighted by atomic mass is 10.1. The van der Waals surface area contributed by atoms with Gasteiger partial charge >= 0.3 is 11.8 Å². The van der Waals surface area contributed by atoms with Gasteiger partial charge in [-0.2, -0.15) is 5.10 Å². The number of benzene rings is 3. The quantitative estimate of drug-likeness (QED) is 0.348. The topological polar surface area (TPSA) is 99.7 Å². The van der Waals surface area contributed by atoms with Gasteiger partial charge < -0.3 is 10.6 Å². The molecule has 0 radical (unpaired) electrons. The van der Waals surface area contributed by atoms with Gasteiger partial charge in [0.25, 0.3) is 5.91 Å². The number of anilines is 2. The molecule has 150 valence electrons. The van der Waals surface area contributed by atoms with Gasteiger partial charge in [-0.15, -0.1) is 0 Å². The second kappa shape index (κ2) is 9.79. The summed E-state index contributed by atoms with van der Waals surface area (Å²) in [5.41, 5.74) is 5.08. The molecule has 0 fully saturated rings. The van der Waals surface area contributed by atoms with E-state index >= 15 is 0 Å². The maximum absolute atomic E-state index is 12.6. The highest BCUT2D eigenvalue weighted by atomic mass is 16.2. The van der Waals surface area contributed by atoms with Crippen molar-refractivity contribution in [1.82, 2.24) is 5.43 Å². The molecule has 0 bridgehead atoms. The number of carbonyl (C=O) groups is 3. The van der Waals surface area contributed by atoms with Gasteiger partial charge in [0.1, 0.15) is 0 Å². The summed E-state index contributed by atoms with van der Waals surface area (Å²) in [7, 11) is 0. The van der Waals surface area contributed by atoms with Crippen molar-refractivity contribution in [2.24, 2.45) is 5.10 Å². The molecule has 3 aromatic carbocycles. The highest BCUT2D eigenvalue weighted by Gasteiger charge is 2.17. The average Bonchev–Trinajstić information content (AvgIpc) is 2.76. The van der Waals surface area contributed by atoms with Crippen molar-refractivity contribution >= 4 is 35.3 Å². The van der Waals surface area contributed by atoms with Crippen molar-refractivity contribution in [3.63, 3.8) is 0 Å². The van der Waals surface area contributed by atoms with Gasteiger partial charge in [0, 0.05) is 5.69 Å². The van der Waals surface area contributed by atoms with Gasteiger partial charge in [0.2, 0.25) is 0 Å². The lowest BCUT2D eigenvalue weighted by molar-refractivity contribution is -0.136. The fourth-order valence-corrected chi connectivity index (χ4v) is 2.56. The van der Waals surface area contributed by atoms with Crippen LogP contribution in [0.25, 0.3) is 0 Å². The molecule has 3 N–H and O–H groups in total. The Labute approximate surface area is 173 Å². The summed E-state index contributed by atoms with van der Waals surface area (Å²) >= 11 is 0. The third kappa shape index (κ3) is 5.62. The molecular weight excluding hydrogens is 380 g/mol. The van der Waals surface area contributed by atoms with Crippen LogP contribution in [0.4, 0.5) is 11.4 Å². The molecule has 0 aromatic heterocycles. The van der Waals surface area contributed by atoms with Crippen LogP contribution in [0.1, 0.15) is 21.5 Å². The van der Waals surface area contributed by atoms with Crippen molar-refractivity contribution in [2.75, 3.05) is 10.6 Å². The predicted molar refractivity (Wildman–Crippen MR) is 116 cm³/mol. The predicted octanol–water partition coefficient (Wildman–Crippen LogP) is 3.34. The van der Waals surface area contributed by atoms with E-state index in [1.165, 1.54) is 6.21 Å². The Kier molecular flexibility index (Phi) is 6.68. The molecule has 3 amide bonds. The van der Waals surface area contributed by atoms with Crippen LogP contribution in [0, 0.1) is 6.92 Å². The number of rotatable bonds is 5. The van der Waals surface area contributed by atoms with Crippen molar-refractivity contribution in [3.05, 3.63) is 95.6 Å². The Morgan fingerprint density at radius 2 is 1.43 bits per heavy atom. The van der Waals surface area contributed by atoms with E-state index in [0.717, 1.165) is 11.1 Å². The minimum absolute atomic E-state index is 0.217. The largest absolute Gasteiger partial charge is 0.329 e.